The number of halogens is 1. The summed E-state index contributed by atoms with van der Waals surface area (Å²) in [6.07, 6.45) is 4.89. The first-order valence-corrected chi connectivity index (χ1v) is 6.08. The van der Waals surface area contributed by atoms with Gasteiger partial charge in [-0.1, -0.05) is 0 Å². The van der Waals surface area contributed by atoms with Gasteiger partial charge in [-0.25, -0.2) is 4.98 Å². The van der Waals surface area contributed by atoms with E-state index in [0.717, 1.165) is 9.13 Å². The number of nitrogens with one attached hydrogen (secondary N) is 1. The van der Waals surface area contributed by atoms with Crippen LogP contribution in [0.5, 0.6) is 0 Å². The second kappa shape index (κ2) is 5.22. The number of aromatic nitrogens is 2. The maximum Gasteiger partial charge on any atom is 0.256 e. The van der Waals surface area contributed by atoms with Crippen LogP contribution >= 0.6 is 22.6 Å². The highest BCUT2D eigenvalue weighted by Gasteiger charge is 2.08. The fourth-order valence-corrected chi connectivity index (χ4v) is 1.96. The molecule has 17 heavy (non-hydrogen) atoms. The third-order valence-electron chi connectivity index (χ3n) is 2.22. The topological polar surface area (TPSA) is 54.9 Å². The third kappa shape index (κ3) is 3.00. The van der Waals surface area contributed by atoms with E-state index >= 15 is 0 Å². The Hall–Kier alpha value is -1.50. The smallest absolute Gasteiger partial charge is 0.256 e. The monoisotopic (exact) mass is 339 g/mol. The zero-order valence-corrected chi connectivity index (χ0v) is 11.3. The van der Waals surface area contributed by atoms with E-state index in [9.17, 15) is 4.79 Å². The largest absolute Gasteiger partial charge is 0.306 e. The molecule has 86 valence electrons. The average Bonchev–Trinajstić information content (AvgIpc) is 2.34. The molecule has 0 fully saturated rings. The number of nitrogens with zero attached hydrogens (tertiary/aromatic N) is 2. The predicted molar refractivity (Wildman–Crippen MR) is 73.9 cm³/mol. The van der Waals surface area contributed by atoms with Crippen molar-refractivity contribution in [2.75, 3.05) is 5.32 Å². The Morgan fingerprint density at radius 2 is 2.06 bits per heavy atom. The summed E-state index contributed by atoms with van der Waals surface area (Å²) < 4.78 is 1.04. The molecule has 0 unspecified atom stereocenters. The predicted octanol–water partition coefficient (Wildman–Crippen LogP) is 2.64. The van der Waals surface area contributed by atoms with Gasteiger partial charge in [0.15, 0.2) is 0 Å². The van der Waals surface area contributed by atoms with E-state index < -0.39 is 0 Å². The zero-order valence-electron chi connectivity index (χ0n) is 9.14. The summed E-state index contributed by atoms with van der Waals surface area (Å²) in [5.41, 5.74) is 1.51. The summed E-state index contributed by atoms with van der Waals surface area (Å²) in [6, 6.07) is 5.30. The molecule has 0 spiro atoms. The molecule has 2 rings (SSSR count). The molecule has 0 bridgehead atoms. The van der Waals surface area contributed by atoms with Crippen molar-refractivity contribution in [3.63, 3.8) is 0 Å². The lowest BCUT2D eigenvalue weighted by molar-refractivity contribution is 0.102. The quantitative estimate of drug-likeness (QED) is 0.856. The highest BCUT2D eigenvalue weighted by atomic mass is 127. The molecule has 2 aromatic rings. The van der Waals surface area contributed by atoms with E-state index in [4.69, 9.17) is 0 Å². The third-order valence-corrected chi connectivity index (χ3v) is 2.81. The lowest BCUT2D eigenvalue weighted by atomic mass is 10.2. The number of amides is 1. The number of aryl methyl sites for hydroxylation is 1. The molecule has 1 amide bonds. The van der Waals surface area contributed by atoms with Crippen LogP contribution in [0.4, 0.5) is 5.82 Å². The Bertz CT molecular complexity index is 543. The molecule has 0 atom stereocenters. The first-order valence-electron chi connectivity index (χ1n) is 5.00. The van der Waals surface area contributed by atoms with Gasteiger partial charge in [-0.05, 0) is 53.3 Å². The average molecular weight is 339 g/mol. The van der Waals surface area contributed by atoms with Gasteiger partial charge in [-0.3, -0.25) is 9.78 Å². The normalized spacial score (nSPS) is 10.0. The maximum atomic E-state index is 11.9. The molecule has 5 heteroatoms. The van der Waals surface area contributed by atoms with Crippen molar-refractivity contribution in [1.82, 2.24) is 9.97 Å². The number of rotatable bonds is 2. The molecule has 2 aromatic heterocycles. The molecule has 0 aliphatic carbocycles. The van der Waals surface area contributed by atoms with Crippen LogP contribution in [0.1, 0.15) is 15.9 Å². The number of carbonyl (C=O) groups excluding carboxylic acids is 1. The summed E-state index contributed by atoms with van der Waals surface area (Å²) in [5, 5.41) is 2.77. The number of hydrogen-bond acceptors (Lipinski definition) is 3. The fraction of sp³-hybridized carbons (Fsp3) is 0.0833. The Balaban J connectivity index is 2.19. The minimum atomic E-state index is -0.177. The van der Waals surface area contributed by atoms with Crippen LogP contribution in [0.3, 0.4) is 0 Å². The molecule has 0 aliphatic heterocycles. The van der Waals surface area contributed by atoms with E-state index in [1.54, 1.807) is 30.7 Å². The van der Waals surface area contributed by atoms with Crippen LogP contribution in [0, 0.1) is 10.5 Å². The van der Waals surface area contributed by atoms with E-state index in [1.165, 1.54) is 0 Å². The first kappa shape index (κ1) is 12.0. The molecule has 1 N–H and O–H groups in total. The van der Waals surface area contributed by atoms with Gasteiger partial charge in [0.05, 0.1) is 0 Å². The van der Waals surface area contributed by atoms with E-state index in [1.807, 2.05) is 13.0 Å². The number of anilines is 1. The van der Waals surface area contributed by atoms with Crippen LogP contribution in [-0.4, -0.2) is 15.9 Å². The van der Waals surface area contributed by atoms with Gasteiger partial charge in [0.25, 0.3) is 5.91 Å². The SMILES string of the molecule is Cc1cc(I)cnc1NC(=O)c1ccncc1. The van der Waals surface area contributed by atoms with Gasteiger partial charge >= 0.3 is 0 Å². The molecule has 2 heterocycles. The van der Waals surface area contributed by atoms with Crippen molar-refractivity contribution in [3.8, 4) is 0 Å². The molecular formula is C12H10IN3O. The molecule has 4 nitrogen and oxygen atoms in total. The Labute approximate surface area is 113 Å². The van der Waals surface area contributed by atoms with E-state index in [-0.39, 0.29) is 5.91 Å². The van der Waals surface area contributed by atoms with Gasteiger partial charge in [0, 0.05) is 27.7 Å². The van der Waals surface area contributed by atoms with Crippen LogP contribution in [0.15, 0.2) is 36.8 Å². The maximum absolute atomic E-state index is 11.9. The lowest BCUT2D eigenvalue weighted by Gasteiger charge is -2.07. The summed E-state index contributed by atoms with van der Waals surface area (Å²) in [5.74, 6) is 0.413. The lowest BCUT2D eigenvalue weighted by Crippen LogP contribution is -2.13. The minimum absolute atomic E-state index is 0.177. The minimum Gasteiger partial charge on any atom is -0.306 e. The van der Waals surface area contributed by atoms with Gasteiger partial charge in [0.1, 0.15) is 5.82 Å². The zero-order chi connectivity index (χ0) is 12.3. The van der Waals surface area contributed by atoms with Crippen molar-refractivity contribution in [2.45, 2.75) is 6.92 Å². The highest BCUT2D eigenvalue weighted by molar-refractivity contribution is 14.1. The van der Waals surface area contributed by atoms with Crippen molar-refractivity contribution in [3.05, 3.63) is 51.5 Å². The van der Waals surface area contributed by atoms with E-state index in [0.29, 0.717) is 11.4 Å². The second-order valence-electron chi connectivity index (χ2n) is 3.51. The number of carbonyl (C=O) groups is 1. The Morgan fingerprint density at radius 3 is 2.71 bits per heavy atom. The molecule has 0 saturated carbocycles. The highest BCUT2D eigenvalue weighted by Crippen LogP contribution is 2.15. The van der Waals surface area contributed by atoms with Gasteiger partial charge in [0.2, 0.25) is 0 Å². The molecular weight excluding hydrogens is 329 g/mol. The van der Waals surface area contributed by atoms with Gasteiger partial charge in [-0.15, -0.1) is 0 Å². The van der Waals surface area contributed by atoms with Crippen molar-refractivity contribution < 1.29 is 4.79 Å². The Kier molecular flexibility index (Phi) is 3.68. The fourth-order valence-electron chi connectivity index (χ4n) is 1.35. The van der Waals surface area contributed by atoms with Gasteiger partial charge in [-0.2, -0.15) is 0 Å². The van der Waals surface area contributed by atoms with Crippen molar-refractivity contribution >= 4 is 34.3 Å². The summed E-state index contributed by atoms with van der Waals surface area (Å²) in [6.45, 7) is 1.91. The molecule has 0 aromatic carbocycles. The van der Waals surface area contributed by atoms with Crippen LogP contribution in [0.2, 0.25) is 0 Å². The standard InChI is InChI=1S/C12H10IN3O/c1-8-6-10(13)7-15-11(8)16-12(17)9-2-4-14-5-3-9/h2-7H,1H3,(H,15,16,17). The summed E-state index contributed by atoms with van der Waals surface area (Å²) in [7, 11) is 0. The summed E-state index contributed by atoms with van der Waals surface area (Å²) in [4.78, 5) is 19.9. The van der Waals surface area contributed by atoms with Crippen LogP contribution < -0.4 is 5.32 Å². The number of hydrogen-bond donors (Lipinski definition) is 1. The molecule has 0 radical (unpaired) electrons. The first-order chi connectivity index (χ1) is 8.16. The molecule has 0 saturated heterocycles. The molecule has 0 aliphatic rings. The Morgan fingerprint density at radius 1 is 1.35 bits per heavy atom. The number of pyridine rings is 2. The van der Waals surface area contributed by atoms with Crippen LogP contribution in [0.25, 0.3) is 0 Å². The second-order valence-corrected chi connectivity index (χ2v) is 4.75. The van der Waals surface area contributed by atoms with Crippen molar-refractivity contribution in [2.24, 2.45) is 0 Å². The van der Waals surface area contributed by atoms with Crippen LogP contribution in [-0.2, 0) is 0 Å². The summed E-state index contributed by atoms with van der Waals surface area (Å²) >= 11 is 2.18. The van der Waals surface area contributed by atoms with Crippen molar-refractivity contribution in [1.29, 1.82) is 0 Å². The van der Waals surface area contributed by atoms with Gasteiger partial charge < -0.3 is 5.32 Å². The van der Waals surface area contributed by atoms with E-state index in [2.05, 4.69) is 37.9 Å².